The number of hydrogen-bond acceptors (Lipinski definition) is 15. The summed E-state index contributed by atoms with van der Waals surface area (Å²) in [5, 5.41) is 33.4. The summed E-state index contributed by atoms with van der Waals surface area (Å²) >= 11 is 0. The van der Waals surface area contributed by atoms with E-state index in [4.69, 9.17) is 53.8 Å². The van der Waals surface area contributed by atoms with Crippen molar-refractivity contribution in [3.05, 3.63) is 41.5 Å². The smallest absolute Gasteiger partial charge is 0.317 e. The van der Waals surface area contributed by atoms with E-state index < -0.39 is 61.7 Å². The quantitative estimate of drug-likeness (QED) is 0.0879. The highest BCUT2D eigenvalue weighted by atomic mass is 17.2. The zero-order valence-electron chi connectivity index (χ0n) is 24.2. The van der Waals surface area contributed by atoms with E-state index in [-0.39, 0.29) is 31.2 Å². The van der Waals surface area contributed by atoms with Crippen LogP contribution in [0.3, 0.4) is 0 Å². The van der Waals surface area contributed by atoms with Gasteiger partial charge in [0.25, 0.3) is 0 Å². The number of rotatable bonds is 12. The molecule has 6 N–H and O–H groups in total. The molecular weight excluding hydrogens is 600 g/mol. The summed E-state index contributed by atoms with van der Waals surface area (Å²) < 4.78 is 39.8. The molecule has 0 aromatic heterocycles. The molecule has 8 unspecified atom stereocenters. The van der Waals surface area contributed by atoms with Crippen LogP contribution in [0.15, 0.2) is 30.3 Å². The largest absolute Gasteiger partial charge is 0.492 e. The third-order valence-corrected chi connectivity index (χ3v) is 7.78. The lowest BCUT2D eigenvalue weighted by molar-refractivity contribution is -0.372. The fourth-order valence-corrected chi connectivity index (χ4v) is 5.56. The van der Waals surface area contributed by atoms with E-state index >= 15 is 0 Å². The minimum Gasteiger partial charge on any atom is -0.492 e. The maximum Gasteiger partial charge on any atom is 0.317 e. The average molecular weight is 635 g/mol. The Morgan fingerprint density at radius 2 is 1.84 bits per heavy atom. The number of carboxylic acids is 1. The molecular formula is C29H34N2O14. The first-order chi connectivity index (χ1) is 21.7. The van der Waals surface area contributed by atoms with Gasteiger partial charge < -0.3 is 64.4 Å². The molecule has 1 fully saturated rings. The Bertz CT molecular complexity index is 1410. The normalized spacial score (nSPS) is 28.1. The second-order valence-corrected chi connectivity index (χ2v) is 11.0. The zero-order chi connectivity index (χ0) is 31.7. The predicted octanol–water partition coefficient (Wildman–Crippen LogP) is -0.268. The minimum atomic E-state index is -1.63. The van der Waals surface area contributed by atoms with Crippen LogP contribution in [0.1, 0.15) is 29.6 Å². The maximum absolute atomic E-state index is 11.7. The van der Waals surface area contributed by atoms with Gasteiger partial charge in [-0.1, -0.05) is 0 Å². The van der Waals surface area contributed by atoms with Crippen LogP contribution in [0.4, 0.5) is 0 Å². The molecule has 0 aliphatic carbocycles. The van der Waals surface area contributed by atoms with Gasteiger partial charge in [-0.3, -0.25) is 9.59 Å². The van der Waals surface area contributed by atoms with Gasteiger partial charge in [-0.15, -0.1) is 0 Å². The Morgan fingerprint density at radius 1 is 1.04 bits per heavy atom. The van der Waals surface area contributed by atoms with Crippen LogP contribution < -0.4 is 34.9 Å². The first kappa shape index (κ1) is 31.1. The molecule has 16 nitrogen and oxygen atoms in total. The number of likely N-dealkylation sites (N-methyl/N-ethyl adjacent to an activating group) is 1. The third-order valence-electron chi connectivity index (χ3n) is 7.78. The molecule has 0 spiro atoms. The van der Waals surface area contributed by atoms with Crippen LogP contribution in [-0.4, -0.2) is 104 Å². The lowest BCUT2D eigenvalue weighted by Gasteiger charge is -2.41. The van der Waals surface area contributed by atoms with E-state index in [1.54, 1.807) is 31.3 Å². The van der Waals surface area contributed by atoms with E-state index in [2.05, 4.69) is 5.32 Å². The van der Waals surface area contributed by atoms with Crippen LogP contribution in [0, 0.1) is 0 Å². The van der Waals surface area contributed by atoms with Crippen molar-refractivity contribution in [2.45, 2.75) is 55.2 Å². The van der Waals surface area contributed by atoms with Gasteiger partial charge in [0.05, 0.1) is 19.1 Å². The summed E-state index contributed by atoms with van der Waals surface area (Å²) in [6.07, 6.45) is -8.45. The van der Waals surface area contributed by atoms with Gasteiger partial charge in [-0.25, -0.2) is 0 Å². The van der Waals surface area contributed by atoms with E-state index in [9.17, 15) is 19.8 Å². The molecule has 4 aliphatic heterocycles. The summed E-state index contributed by atoms with van der Waals surface area (Å²) in [5.74, 6) is 0.245. The monoisotopic (exact) mass is 634 g/mol. The molecule has 2 aromatic rings. The number of aliphatic hydroxyl groups excluding tert-OH is 2. The fraction of sp³-hybridized carbons (Fsp3) is 0.517. The Balaban J connectivity index is 1.14. The number of ether oxygens (including phenoxy) is 7. The summed E-state index contributed by atoms with van der Waals surface area (Å²) in [6, 6.07) is 8.25. The predicted molar refractivity (Wildman–Crippen MR) is 148 cm³/mol. The Hall–Kier alpha value is -3.90. The van der Waals surface area contributed by atoms with Crippen molar-refractivity contribution in [1.82, 2.24) is 5.32 Å². The second kappa shape index (κ2) is 13.2. The summed E-state index contributed by atoms with van der Waals surface area (Å²) in [7, 11) is 1.72. The van der Waals surface area contributed by atoms with Gasteiger partial charge in [0.2, 0.25) is 6.79 Å². The number of fused-ring (bicyclic) bond motifs is 6. The maximum atomic E-state index is 11.7. The van der Waals surface area contributed by atoms with E-state index in [0.29, 0.717) is 41.7 Å². The molecule has 244 valence electrons. The van der Waals surface area contributed by atoms with Crippen LogP contribution in [0.5, 0.6) is 28.7 Å². The number of aliphatic carboxylic acids is 1. The van der Waals surface area contributed by atoms with Crippen molar-refractivity contribution in [2.75, 3.05) is 40.2 Å². The highest BCUT2D eigenvalue weighted by molar-refractivity contribution is 5.90. The summed E-state index contributed by atoms with van der Waals surface area (Å²) in [5.41, 5.74) is 7.68. The molecule has 0 bridgehead atoms. The van der Waals surface area contributed by atoms with E-state index in [1.807, 2.05) is 6.07 Å². The minimum absolute atomic E-state index is 0.0314. The van der Waals surface area contributed by atoms with Crippen LogP contribution >= 0.6 is 0 Å². The fourth-order valence-electron chi connectivity index (χ4n) is 5.56. The molecule has 4 aliphatic rings. The number of esters is 1. The molecule has 0 radical (unpaired) electrons. The SMILES string of the molecule is CNCC(N)COC1OC(COC(=O)CC(=O)O)C(O)C(O)C1OOc1ccc2c(c1)C1Oc3cc4c(cc3C1CO2)OCO4. The van der Waals surface area contributed by atoms with Gasteiger partial charge in [-0.05, 0) is 31.3 Å². The lowest BCUT2D eigenvalue weighted by atomic mass is 9.89. The first-order valence-corrected chi connectivity index (χ1v) is 14.3. The second-order valence-electron chi connectivity index (χ2n) is 11.0. The molecule has 6 rings (SSSR count). The van der Waals surface area contributed by atoms with Crippen LogP contribution in [0.2, 0.25) is 0 Å². The first-order valence-electron chi connectivity index (χ1n) is 14.3. The van der Waals surface area contributed by atoms with Crippen molar-refractivity contribution in [3.63, 3.8) is 0 Å². The molecule has 2 aromatic carbocycles. The standard InChI is InChI=1S/C29H34N2O14/c1-31-8-13(30)9-39-29-28(26(36)25(35)22(43-29)11-38-24(34)7-23(32)33)45-44-14-2-3-18-16(4-14)27-17(10-37-18)15-5-20-21(41-12-40-20)6-19(15)42-27/h2-6,13,17,22,25-29,31,35-36H,7-12,30H2,1H3,(H,32,33). The number of carbonyl (C=O) groups excluding carboxylic acids is 1. The molecule has 16 heteroatoms. The highest BCUT2D eigenvalue weighted by Gasteiger charge is 2.48. The van der Waals surface area contributed by atoms with Gasteiger partial charge in [0, 0.05) is 29.8 Å². The number of nitrogens with two attached hydrogens (primary N) is 1. The number of carboxylic acid groups (broad SMARTS) is 1. The Morgan fingerprint density at radius 3 is 2.62 bits per heavy atom. The van der Waals surface area contributed by atoms with Crippen molar-refractivity contribution < 1.29 is 67.8 Å². The molecule has 1 saturated heterocycles. The lowest BCUT2D eigenvalue weighted by Crippen LogP contribution is -2.61. The van der Waals surface area contributed by atoms with E-state index in [1.165, 1.54) is 0 Å². The summed E-state index contributed by atoms with van der Waals surface area (Å²) in [6.45, 7) is 0.378. The molecule has 4 heterocycles. The van der Waals surface area contributed by atoms with Crippen molar-refractivity contribution in [2.24, 2.45) is 5.73 Å². The topological polar surface area (TPSA) is 216 Å². The number of aliphatic hydroxyl groups is 2. The molecule has 8 atom stereocenters. The van der Waals surface area contributed by atoms with Gasteiger partial charge in [-0.2, -0.15) is 4.89 Å². The van der Waals surface area contributed by atoms with Crippen molar-refractivity contribution >= 4 is 11.9 Å². The number of hydrogen-bond donors (Lipinski definition) is 5. The highest BCUT2D eigenvalue weighted by Crippen LogP contribution is 2.54. The van der Waals surface area contributed by atoms with Crippen molar-refractivity contribution in [3.8, 4) is 28.7 Å². The summed E-state index contributed by atoms with van der Waals surface area (Å²) in [4.78, 5) is 33.7. The number of nitrogens with one attached hydrogen (secondary N) is 1. The molecule has 0 amide bonds. The molecule has 45 heavy (non-hydrogen) atoms. The van der Waals surface area contributed by atoms with Crippen molar-refractivity contribution in [1.29, 1.82) is 0 Å². The van der Waals surface area contributed by atoms with Gasteiger partial charge >= 0.3 is 11.9 Å². The number of benzene rings is 2. The van der Waals surface area contributed by atoms with Crippen LogP contribution in [0.25, 0.3) is 0 Å². The average Bonchev–Trinajstić information content (AvgIpc) is 3.62. The van der Waals surface area contributed by atoms with Gasteiger partial charge in [0.1, 0.15) is 48.9 Å². The Kier molecular flexibility index (Phi) is 9.14. The van der Waals surface area contributed by atoms with Gasteiger partial charge in [0.15, 0.2) is 29.6 Å². The number of carbonyl (C=O) groups is 2. The zero-order valence-corrected chi connectivity index (χ0v) is 24.2. The third kappa shape index (κ3) is 6.57. The molecule has 0 saturated carbocycles. The van der Waals surface area contributed by atoms with Crippen LogP contribution in [-0.2, 0) is 28.7 Å². The Labute approximate surface area is 256 Å². The van der Waals surface area contributed by atoms with E-state index in [0.717, 1.165) is 5.56 Å².